The number of nitrogens with one attached hydrogen (secondary N) is 1. The Balaban J connectivity index is 1.47. The number of amides is 1. The van der Waals surface area contributed by atoms with Crippen molar-refractivity contribution >= 4 is 28.2 Å². The lowest BCUT2D eigenvalue weighted by atomic mass is 10.1. The molecule has 0 bridgehead atoms. The largest absolute Gasteiger partial charge is 0.378 e. The van der Waals surface area contributed by atoms with E-state index in [2.05, 4.69) is 20.2 Å². The maximum Gasteiger partial charge on any atom is 0.259 e. The molecule has 0 spiro atoms. The van der Waals surface area contributed by atoms with Gasteiger partial charge in [0.15, 0.2) is 16.8 Å². The number of aryl methyl sites for hydroxylation is 1. The van der Waals surface area contributed by atoms with Crippen LogP contribution in [0.4, 0.5) is 19.7 Å². The summed E-state index contributed by atoms with van der Waals surface area (Å²) in [6.07, 6.45) is 1.52. The van der Waals surface area contributed by atoms with Crippen LogP contribution in [-0.4, -0.2) is 42.2 Å². The second-order valence-electron chi connectivity index (χ2n) is 6.51. The third kappa shape index (κ3) is 4.25. The van der Waals surface area contributed by atoms with Crippen molar-refractivity contribution in [2.75, 3.05) is 36.5 Å². The molecule has 0 saturated carbocycles. The van der Waals surface area contributed by atoms with E-state index < -0.39 is 11.6 Å². The van der Waals surface area contributed by atoms with Crippen molar-refractivity contribution in [1.29, 1.82) is 0 Å². The monoisotopic (exact) mass is 416 g/mol. The lowest BCUT2D eigenvalue weighted by molar-refractivity contribution is 0.102. The fourth-order valence-corrected chi connectivity index (χ4v) is 3.86. The summed E-state index contributed by atoms with van der Waals surface area (Å²) >= 11 is 1.27. The SMILES string of the molecule is Cc1sc(NC(=O)c2ccc(N3CCOCC3)nc2)nc1-c1ccc(F)c(F)c1. The number of nitrogens with zero attached hydrogens (tertiary/aromatic N) is 3. The average molecular weight is 416 g/mol. The Hall–Kier alpha value is -2.91. The van der Waals surface area contributed by atoms with Gasteiger partial charge < -0.3 is 9.64 Å². The first-order chi connectivity index (χ1) is 14.0. The number of carbonyl (C=O) groups excluding carboxylic acids is 1. The van der Waals surface area contributed by atoms with Crippen LogP contribution in [0.2, 0.25) is 0 Å². The van der Waals surface area contributed by atoms with Gasteiger partial charge in [-0.05, 0) is 37.3 Å². The maximum atomic E-state index is 13.5. The molecule has 1 aliphatic rings. The van der Waals surface area contributed by atoms with Crippen LogP contribution in [0.25, 0.3) is 11.3 Å². The van der Waals surface area contributed by atoms with E-state index in [4.69, 9.17) is 4.74 Å². The Kier molecular flexibility index (Phi) is 5.50. The standard InChI is InChI=1S/C20H18F2N4O2S/c1-12-18(13-2-4-15(21)16(22)10-13)24-20(29-12)25-19(27)14-3-5-17(23-11-14)26-6-8-28-9-7-26/h2-5,10-11H,6-9H2,1H3,(H,24,25,27). The number of ether oxygens (including phenoxy) is 1. The molecule has 1 saturated heterocycles. The first kappa shape index (κ1) is 19.4. The number of halogens is 2. The number of hydrogen-bond acceptors (Lipinski definition) is 6. The number of pyridine rings is 1. The molecule has 3 aromatic rings. The van der Waals surface area contributed by atoms with Gasteiger partial charge in [-0.15, -0.1) is 11.3 Å². The van der Waals surface area contributed by atoms with Crippen LogP contribution in [0.1, 0.15) is 15.2 Å². The predicted molar refractivity (Wildman–Crippen MR) is 107 cm³/mol. The Bertz CT molecular complexity index is 1030. The quantitative estimate of drug-likeness (QED) is 0.699. The Labute approximate surface area is 170 Å². The highest BCUT2D eigenvalue weighted by molar-refractivity contribution is 7.16. The van der Waals surface area contributed by atoms with E-state index in [1.165, 1.54) is 23.6 Å². The maximum absolute atomic E-state index is 13.5. The van der Waals surface area contributed by atoms with E-state index >= 15 is 0 Å². The van der Waals surface area contributed by atoms with Crippen LogP contribution in [-0.2, 0) is 4.74 Å². The van der Waals surface area contributed by atoms with Gasteiger partial charge in [-0.3, -0.25) is 10.1 Å². The lowest BCUT2D eigenvalue weighted by Crippen LogP contribution is -2.36. The third-order valence-corrected chi connectivity index (χ3v) is 5.44. The van der Waals surface area contributed by atoms with Gasteiger partial charge in [-0.2, -0.15) is 0 Å². The highest BCUT2D eigenvalue weighted by atomic mass is 32.1. The van der Waals surface area contributed by atoms with Gasteiger partial charge in [0.05, 0.1) is 24.5 Å². The number of anilines is 2. The second kappa shape index (κ2) is 8.22. The molecule has 1 aliphatic heterocycles. The molecule has 0 unspecified atom stereocenters. The molecule has 6 nitrogen and oxygen atoms in total. The number of benzene rings is 1. The van der Waals surface area contributed by atoms with Crippen LogP contribution in [0, 0.1) is 18.6 Å². The highest BCUT2D eigenvalue weighted by Gasteiger charge is 2.16. The molecule has 1 N–H and O–H groups in total. The van der Waals surface area contributed by atoms with E-state index in [0.29, 0.717) is 35.2 Å². The molecule has 9 heteroatoms. The molecule has 4 rings (SSSR count). The number of thiazole rings is 1. The minimum atomic E-state index is -0.938. The molecule has 29 heavy (non-hydrogen) atoms. The van der Waals surface area contributed by atoms with Crippen LogP contribution in [0.3, 0.4) is 0 Å². The number of carbonyl (C=O) groups is 1. The smallest absolute Gasteiger partial charge is 0.259 e. The van der Waals surface area contributed by atoms with E-state index in [-0.39, 0.29) is 5.91 Å². The molecule has 1 amide bonds. The van der Waals surface area contributed by atoms with Crippen molar-refractivity contribution < 1.29 is 18.3 Å². The Morgan fingerprint density at radius 3 is 2.66 bits per heavy atom. The number of morpholine rings is 1. The fraction of sp³-hybridized carbons (Fsp3) is 0.250. The van der Waals surface area contributed by atoms with Crippen molar-refractivity contribution in [1.82, 2.24) is 9.97 Å². The van der Waals surface area contributed by atoms with Crippen molar-refractivity contribution in [3.05, 3.63) is 58.6 Å². The highest BCUT2D eigenvalue weighted by Crippen LogP contribution is 2.31. The second-order valence-corrected chi connectivity index (χ2v) is 7.71. The van der Waals surface area contributed by atoms with Crippen LogP contribution in [0.5, 0.6) is 0 Å². The normalized spacial score (nSPS) is 14.1. The summed E-state index contributed by atoms with van der Waals surface area (Å²) in [7, 11) is 0. The van der Waals surface area contributed by atoms with E-state index in [9.17, 15) is 13.6 Å². The van der Waals surface area contributed by atoms with Crippen LogP contribution >= 0.6 is 11.3 Å². The zero-order valence-corrected chi connectivity index (χ0v) is 16.4. The van der Waals surface area contributed by atoms with Gasteiger partial charge in [-0.1, -0.05) is 0 Å². The van der Waals surface area contributed by atoms with Crippen LogP contribution < -0.4 is 10.2 Å². The first-order valence-electron chi connectivity index (χ1n) is 9.04. The van der Waals surface area contributed by atoms with Crippen LogP contribution in [0.15, 0.2) is 36.5 Å². The zero-order chi connectivity index (χ0) is 20.4. The summed E-state index contributed by atoms with van der Waals surface area (Å²) in [6.45, 7) is 4.66. The molecule has 2 aromatic heterocycles. The molecule has 0 aliphatic carbocycles. The van der Waals surface area contributed by atoms with Gasteiger partial charge in [0.2, 0.25) is 0 Å². The molecule has 1 fully saturated rings. The number of rotatable bonds is 4. The summed E-state index contributed by atoms with van der Waals surface area (Å²) in [5.74, 6) is -1.39. The fourth-order valence-electron chi connectivity index (χ4n) is 3.03. The van der Waals surface area contributed by atoms with Gasteiger partial charge in [0, 0.05) is 29.7 Å². The average Bonchev–Trinajstić information content (AvgIpc) is 3.10. The molecule has 1 aromatic carbocycles. The topological polar surface area (TPSA) is 67.4 Å². The molecule has 3 heterocycles. The van der Waals surface area contributed by atoms with Crippen molar-refractivity contribution in [3.63, 3.8) is 0 Å². The van der Waals surface area contributed by atoms with Crippen molar-refractivity contribution in [2.45, 2.75) is 6.92 Å². The molecule has 0 atom stereocenters. The van der Waals surface area contributed by atoms with Crippen molar-refractivity contribution in [3.8, 4) is 11.3 Å². The third-order valence-electron chi connectivity index (χ3n) is 4.56. The molecule has 150 valence electrons. The lowest BCUT2D eigenvalue weighted by Gasteiger charge is -2.27. The Morgan fingerprint density at radius 2 is 1.97 bits per heavy atom. The summed E-state index contributed by atoms with van der Waals surface area (Å²) in [5, 5.41) is 3.12. The van der Waals surface area contributed by atoms with Crippen molar-refractivity contribution in [2.24, 2.45) is 0 Å². The van der Waals surface area contributed by atoms with Gasteiger partial charge in [-0.25, -0.2) is 18.7 Å². The predicted octanol–water partition coefficient (Wildman–Crippen LogP) is 3.88. The molecular formula is C20H18F2N4O2S. The Morgan fingerprint density at radius 1 is 1.17 bits per heavy atom. The van der Waals surface area contributed by atoms with E-state index in [1.54, 1.807) is 12.1 Å². The first-order valence-corrected chi connectivity index (χ1v) is 9.86. The molecule has 0 radical (unpaired) electrons. The van der Waals surface area contributed by atoms with Gasteiger partial charge >= 0.3 is 0 Å². The van der Waals surface area contributed by atoms with E-state index in [1.807, 2.05) is 6.92 Å². The summed E-state index contributed by atoms with van der Waals surface area (Å²) in [5.41, 5.74) is 1.36. The summed E-state index contributed by atoms with van der Waals surface area (Å²) in [4.78, 5) is 24.1. The molecular weight excluding hydrogens is 398 g/mol. The minimum Gasteiger partial charge on any atom is -0.378 e. The summed E-state index contributed by atoms with van der Waals surface area (Å²) < 4.78 is 32.0. The number of aromatic nitrogens is 2. The number of hydrogen-bond donors (Lipinski definition) is 1. The van der Waals surface area contributed by atoms with Gasteiger partial charge in [0.25, 0.3) is 5.91 Å². The summed E-state index contributed by atoms with van der Waals surface area (Å²) in [6, 6.07) is 7.13. The van der Waals surface area contributed by atoms with Gasteiger partial charge in [0.1, 0.15) is 5.82 Å². The van der Waals surface area contributed by atoms with E-state index in [0.717, 1.165) is 35.9 Å². The minimum absolute atomic E-state index is 0.336. The zero-order valence-electron chi connectivity index (χ0n) is 15.6.